The van der Waals surface area contributed by atoms with E-state index in [0.29, 0.717) is 6.54 Å². The first kappa shape index (κ1) is 18.4. The normalized spacial score (nSPS) is 12.4. The average Bonchev–Trinajstić information content (AvgIpc) is 2.39. The highest BCUT2D eigenvalue weighted by Gasteiger charge is 2.06. The lowest BCUT2D eigenvalue weighted by Gasteiger charge is -2.06. The maximum absolute atomic E-state index is 11.1. The number of hydrogen-bond donors (Lipinski definition) is 2. The van der Waals surface area contributed by atoms with Gasteiger partial charge in [-0.05, 0) is 13.3 Å². The van der Waals surface area contributed by atoms with Crippen molar-refractivity contribution in [3.8, 4) is 0 Å². The fourth-order valence-electron chi connectivity index (χ4n) is 2.15. The predicted molar refractivity (Wildman–Crippen MR) is 81.2 cm³/mol. The van der Waals surface area contributed by atoms with Crippen LogP contribution in [0.25, 0.3) is 0 Å². The van der Waals surface area contributed by atoms with E-state index in [1.54, 1.807) is 0 Å². The molecular formula is C16H33NO2. The Bertz CT molecular complexity index is 205. The van der Waals surface area contributed by atoms with Crippen LogP contribution in [0.2, 0.25) is 0 Å². The molecule has 0 bridgehead atoms. The molecule has 0 rings (SSSR count). The molecule has 0 fully saturated rings. The van der Waals surface area contributed by atoms with E-state index in [1.807, 2.05) is 0 Å². The van der Waals surface area contributed by atoms with E-state index in [-0.39, 0.29) is 5.91 Å². The number of carbonyl (C=O) groups excluding carboxylic acids is 1. The summed E-state index contributed by atoms with van der Waals surface area (Å²) in [5.41, 5.74) is 0. The van der Waals surface area contributed by atoms with Gasteiger partial charge in [-0.3, -0.25) is 4.79 Å². The van der Waals surface area contributed by atoms with Gasteiger partial charge in [0.2, 0.25) is 5.91 Å². The summed E-state index contributed by atoms with van der Waals surface area (Å²) in [6.45, 7) is 4.44. The van der Waals surface area contributed by atoms with Crippen molar-refractivity contribution in [1.29, 1.82) is 0 Å². The second-order valence-electron chi connectivity index (χ2n) is 5.50. The number of carbonyl (C=O) groups is 1. The van der Waals surface area contributed by atoms with Crippen molar-refractivity contribution in [3.63, 3.8) is 0 Å². The monoisotopic (exact) mass is 271 g/mol. The Morgan fingerprint density at radius 3 is 1.74 bits per heavy atom. The highest BCUT2D eigenvalue weighted by Crippen LogP contribution is 2.10. The minimum atomic E-state index is -0.882. The summed E-state index contributed by atoms with van der Waals surface area (Å²) in [7, 11) is 0. The molecular weight excluding hydrogens is 238 g/mol. The molecule has 1 amide bonds. The van der Waals surface area contributed by atoms with Crippen LogP contribution < -0.4 is 5.32 Å². The van der Waals surface area contributed by atoms with Crippen LogP contribution in [0.4, 0.5) is 0 Å². The van der Waals surface area contributed by atoms with E-state index in [9.17, 15) is 4.79 Å². The molecule has 0 aromatic heterocycles. The van der Waals surface area contributed by atoms with Gasteiger partial charge in [-0.2, -0.15) is 0 Å². The van der Waals surface area contributed by atoms with E-state index in [0.717, 1.165) is 6.42 Å². The van der Waals surface area contributed by atoms with Gasteiger partial charge < -0.3 is 10.4 Å². The van der Waals surface area contributed by atoms with Crippen LogP contribution in [0.5, 0.6) is 0 Å². The third-order valence-corrected chi connectivity index (χ3v) is 3.46. The van der Waals surface area contributed by atoms with Crippen LogP contribution in [0.15, 0.2) is 0 Å². The fraction of sp³-hybridized carbons (Fsp3) is 0.938. The zero-order chi connectivity index (χ0) is 14.3. The Morgan fingerprint density at radius 2 is 1.32 bits per heavy atom. The van der Waals surface area contributed by atoms with E-state index >= 15 is 0 Å². The maximum atomic E-state index is 11.1. The summed E-state index contributed by atoms with van der Waals surface area (Å²) in [6, 6.07) is 0. The molecule has 0 aromatic rings. The first-order valence-corrected chi connectivity index (χ1v) is 8.14. The van der Waals surface area contributed by atoms with E-state index in [2.05, 4.69) is 12.2 Å². The third-order valence-electron chi connectivity index (χ3n) is 3.46. The molecule has 0 aliphatic rings. The molecule has 114 valence electrons. The van der Waals surface area contributed by atoms with Gasteiger partial charge in [-0.1, -0.05) is 71.1 Å². The topological polar surface area (TPSA) is 49.3 Å². The van der Waals surface area contributed by atoms with E-state index < -0.39 is 6.10 Å². The van der Waals surface area contributed by atoms with Crippen molar-refractivity contribution in [3.05, 3.63) is 0 Å². The largest absolute Gasteiger partial charge is 0.384 e. The lowest BCUT2D eigenvalue weighted by molar-refractivity contribution is -0.128. The SMILES string of the molecule is CCCCCCCCCCCCCNC(=O)C(C)O. The standard InChI is InChI=1S/C16H33NO2/c1-3-4-5-6-7-8-9-10-11-12-13-14-17-16(19)15(2)18/h15,18H,3-14H2,1-2H3,(H,17,19). The Morgan fingerprint density at radius 1 is 0.895 bits per heavy atom. The Hall–Kier alpha value is -0.570. The van der Waals surface area contributed by atoms with Gasteiger partial charge >= 0.3 is 0 Å². The van der Waals surface area contributed by atoms with Crippen LogP contribution >= 0.6 is 0 Å². The van der Waals surface area contributed by atoms with Crippen molar-refractivity contribution in [2.24, 2.45) is 0 Å². The number of amides is 1. The summed E-state index contributed by atoms with van der Waals surface area (Å²) in [5, 5.41) is 11.7. The van der Waals surface area contributed by atoms with Crippen molar-refractivity contribution in [2.75, 3.05) is 6.54 Å². The van der Waals surface area contributed by atoms with E-state index in [1.165, 1.54) is 71.1 Å². The Balaban J connectivity index is 3.05. The predicted octanol–water partition coefficient (Wildman–Crippen LogP) is 3.79. The molecule has 0 aliphatic heterocycles. The molecule has 0 heterocycles. The number of hydrogen-bond acceptors (Lipinski definition) is 2. The fourth-order valence-corrected chi connectivity index (χ4v) is 2.15. The maximum Gasteiger partial charge on any atom is 0.248 e. The minimum absolute atomic E-state index is 0.257. The average molecular weight is 271 g/mol. The summed E-state index contributed by atoms with van der Waals surface area (Å²) >= 11 is 0. The molecule has 3 nitrogen and oxygen atoms in total. The number of aliphatic hydroxyl groups is 1. The lowest BCUT2D eigenvalue weighted by Crippen LogP contribution is -2.33. The van der Waals surface area contributed by atoms with Crippen LogP contribution in [0, 0.1) is 0 Å². The Kier molecular flexibility index (Phi) is 13.4. The van der Waals surface area contributed by atoms with Crippen molar-refractivity contribution < 1.29 is 9.90 Å². The summed E-state index contributed by atoms with van der Waals surface area (Å²) in [5.74, 6) is -0.257. The molecule has 2 N–H and O–H groups in total. The molecule has 0 radical (unpaired) electrons. The highest BCUT2D eigenvalue weighted by atomic mass is 16.3. The first-order valence-electron chi connectivity index (χ1n) is 8.14. The molecule has 19 heavy (non-hydrogen) atoms. The zero-order valence-corrected chi connectivity index (χ0v) is 12.9. The molecule has 1 unspecified atom stereocenters. The van der Waals surface area contributed by atoms with Gasteiger partial charge in [0.05, 0.1) is 0 Å². The number of nitrogens with one attached hydrogen (secondary N) is 1. The van der Waals surface area contributed by atoms with Gasteiger partial charge in [0.15, 0.2) is 0 Å². The van der Waals surface area contributed by atoms with Gasteiger partial charge in [0, 0.05) is 6.54 Å². The van der Waals surface area contributed by atoms with Crippen molar-refractivity contribution in [2.45, 2.75) is 90.6 Å². The smallest absolute Gasteiger partial charge is 0.248 e. The number of aliphatic hydroxyl groups excluding tert-OH is 1. The van der Waals surface area contributed by atoms with Crippen LogP contribution in [-0.4, -0.2) is 23.7 Å². The van der Waals surface area contributed by atoms with Crippen LogP contribution in [-0.2, 0) is 4.79 Å². The van der Waals surface area contributed by atoms with Crippen molar-refractivity contribution >= 4 is 5.91 Å². The summed E-state index contributed by atoms with van der Waals surface area (Å²) in [6.07, 6.45) is 13.5. The molecule has 3 heteroatoms. The minimum Gasteiger partial charge on any atom is -0.384 e. The van der Waals surface area contributed by atoms with Crippen LogP contribution in [0.3, 0.4) is 0 Å². The molecule has 0 aromatic carbocycles. The second kappa shape index (κ2) is 13.9. The second-order valence-corrected chi connectivity index (χ2v) is 5.50. The lowest BCUT2D eigenvalue weighted by atomic mass is 10.1. The zero-order valence-electron chi connectivity index (χ0n) is 12.9. The van der Waals surface area contributed by atoms with Crippen LogP contribution in [0.1, 0.15) is 84.5 Å². The Labute approximate surface area is 119 Å². The molecule has 0 aliphatic carbocycles. The van der Waals surface area contributed by atoms with E-state index in [4.69, 9.17) is 5.11 Å². The number of unbranched alkanes of at least 4 members (excludes halogenated alkanes) is 10. The van der Waals surface area contributed by atoms with Gasteiger partial charge in [-0.25, -0.2) is 0 Å². The van der Waals surface area contributed by atoms with Gasteiger partial charge in [0.1, 0.15) is 6.10 Å². The number of rotatable bonds is 13. The quantitative estimate of drug-likeness (QED) is 0.501. The van der Waals surface area contributed by atoms with Gasteiger partial charge in [0.25, 0.3) is 0 Å². The van der Waals surface area contributed by atoms with Gasteiger partial charge in [-0.15, -0.1) is 0 Å². The summed E-state index contributed by atoms with van der Waals surface area (Å²) in [4.78, 5) is 11.1. The summed E-state index contributed by atoms with van der Waals surface area (Å²) < 4.78 is 0. The molecule has 1 atom stereocenters. The van der Waals surface area contributed by atoms with Crippen molar-refractivity contribution in [1.82, 2.24) is 5.32 Å². The molecule has 0 saturated carbocycles. The highest BCUT2D eigenvalue weighted by molar-refractivity contribution is 5.79. The third kappa shape index (κ3) is 13.7. The molecule has 0 spiro atoms. The first-order chi connectivity index (χ1) is 9.18. The molecule has 0 saturated heterocycles.